The van der Waals surface area contributed by atoms with Crippen molar-refractivity contribution in [1.82, 2.24) is 0 Å². The van der Waals surface area contributed by atoms with Gasteiger partial charge in [-0.05, 0) is 37.3 Å². The van der Waals surface area contributed by atoms with Gasteiger partial charge in [0, 0.05) is 24.6 Å². The lowest BCUT2D eigenvalue weighted by Crippen LogP contribution is -2.16. The van der Waals surface area contributed by atoms with Crippen molar-refractivity contribution in [3.8, 4) is 5.75 Å². The molecule has 8 nitrogen and oxygen atoms in total. The predicted molar refractivity (Wildman–Crippen MR) is 116 cm³/mol. The molecule has 0 fully saturated rings. The Labute approximate surface area is 175 Å². The Bertz CT molecular complexity index is 856. The summed E-state index contributed by atoms with van der Waals surface area (Å²) in [6.45, 7) is 6.27. The third-order valence-corrected chi connectivity index (χ3v) is 4.42. The first-order valence-corrected chi connectivity index (χ1v) is 9.48. The largest absolute Gasteiger partial charge is 0.494 e. The standard InChI is InChI=1S/C20H24N4O4S/c1-6-24(3)19-12-17(21-14-25-4)18(13-20(19)26-5)23-22-15-8-10-16(11-9-15)29-28-27-7-2/h7-14H,2,6H2,1,3-5H3/b21-14-,23-22?. The Kier molecular flexibility index (Phi) is 9.00. The number of rotatable bonds is 11. The number of aliphatic imine (C=N–C) groups is 1. The molecule has 0 saturated heterocycles. The zero-order chi connectivity index (χ0) is 21.1. The predicted octanol–water partition coefficient (Wildman–Crippen LogP) is 5.97. The van der Waals surface area contributed by atoms with Gasteiger partial charge in [0.15, 0.2) is 6.40 Å². The minimum atomic E-state index is 0.560. The van der Waals surface area contributed by atoms with Gasteiger partial charge in [0.2, 0.25) is 0 Å². The van der Waals surface area contributed by atoms with Crippen molar-refractivity contribution < 1.29 is 18.7 Å². The highest BCUT2D eigenvalue weighted by molar-refractivity contribution is 7.94. The van der Waals surface area contributed by atoms with Crippen LogP contribution in [0.25, 0.3) is 0 Å². The Morgan fingerprint density at radius 1 is 1.10 bits per heavy atom. The Hall–Kier alpha value is -3.04. The highest BCUT2D eigenvalue weighted by Gasteiger charge is 2.13. The maximum absolute atomic E-state index is 5.52. The van der Waals surface area contributed by atoms with E-state index >= 15 is 0 Å². The second kappa shape index (κ2) is 11.7. The summed E-state index contributed by atoms with van der Waals surface area (Å²) in [5, 5.41) is 8.65. The zero-order valence-corrected chi connectivity index (χ0v) is 17.7. The summed E-state index contributed by atoms with van der Waals surface area (Å²) in [6.07, 6.45) is 2.56. The molecule has 0 bridgehead atoms. The number of ether oxygens (including phenoxy) is 2. The van der Waals surface area contributed by atoms with Crippen LogP contribution in [0.1, 0.15) is 6.92 Å². The van der Waals surface area contributed by atoms with Gasteiger partial charge in [-0.2, -0.15) is 5.11 Å². The third-order valence-electron chi connectivity index (χ3n) is 3.81. The molecule has 2 aromatic carbocycles. The Balaban J connectivity index is 2.29. The van der Waals surface area contributed by atoms with Crippen molar-refractivity contribution in [2.45, 2.75) is 11.8 Å². The molecule has 0 radical (unpaired) electrons. The van der Waals surface area contributed by atoms with Gasteiger partial charge < -0.3 is 19.3 Å². The molecule has 0 unspecified atom stereocenters. The molecule has 0 atom stereocenters. The van der Waals surface area contributed by atoms with E-state index in [9.17, 15) is 0 Å². The van der Waals surface area contributed by atoms with Crippen LogP contribution in [-0.4, -0.2) is 34.2 Å². The van der Waals surface area contributed by atoms with E-state index < -0.39 is 0 Å². The van der Waals surface area contributed by atoms with E-state index in [0.717, 1.165) is 29.2 Å². The smallest absolute Gasteiger partial charge is 0.174 e. The summed E-state index contributed by atoms with van der Waals surface area (Å²) in [7, 11) is 5.14. The van der Waals surface area contributed by atoms with Crippen molar-refractivity contribution in [2.75, 3.05) is 32.7 Å². The molecule has 0 aromatic heterocycles. The summed E-state index contributed by atoms with van der Waals surface area (Å²) in [4.78, 5) is 11.8. The summed E-state index contributed by atoms with van der Waals surface area (Å²) < 4.78 is 15.3. The number of hydrogen-bond donors (Lipinski definition) is 0. The van der Waals surface area contributed by atoms with E-state index in [1.165, 1.54) is 19.8 Å². The minimum absolute atomic E-state index is 0.560. The topological polar surface area (TPSA) is 77.2 Å². The molecule has 0 spiro atoms. The quantitative estimate of drug-likeness (QED) is 0.0656. The fourth-order valence-electron chi connectivity index (χ4n) is 2.24. The van der Waals surface area contributed by atoms with Gasteiger partial charge in [-0.15, -0.1) is 9.45 Å². The van der Waals surface area contributed by atoms with E-state index in [4.69, 9.17) is 13.8 Å². The van der Waals surface area contributed by atoms with E-state index in [0.29, 0.717) is 22.8 Å². The van der Waals surface area contributed by atoms with Crippen LogP contribution in [0.3, 0.4) is 0 Å². The Morgan fingerprint density at radius 2 is 1.86 bits per heavy atom. The average Bonchev–Trinajstić information content (AvgIpc) is 2.76. The molecule has 0 heterocycles. The molecular formula is C20H24N4O4S. The molecule has 0 aliphatic carbocycles. The van der Waals surface area contributed by atoms with Crippen molar-refractivity contribution >= 4 is 41.2 Å². The molecule has 0 aliphatic heterocycles. The highest BCUT2D eigenvalue weighted by Crippen LogP contribution is 2.40. The maximum atomic E-state index is 5.52. The van der Waals surface area contributed by atoms with Crippen LogP contribution in [-0.2, 0) is 14.0 Å². The van der Waals surface area contributed by atoms with Crippen LogP contribution in [0.2, 0.25) is 0 Å². The lowest BCUT2D eigenvalue weighted by Gasteiger charge is -2.20. The van der Waals surface area contributed by atoms with Gasteiger partial charge in [0.05, 0.1) is 43.3 Å². The number of anilines is 1. The Morgan fingerprint density at radius 3 is 2.48 bits per heavy atom. The van der Waals surface area contributed by atoms with Gasteiger partial charge in [-0.3, -0.25) is 0 Å². The third kappa shape index (κ3) is 6.51. The number of azo groups is 1. The monoisotopic (exact) mass is 416 g/mol. The fourth-order valence-corrected chi connectivity index (χ4v) is 2.66. The number of nitrogens with zero attached hydrogens (tertiary/aromatic N) is 4. The van der Waals surface area contributed by atoms with Crippen LogP contribution < -0.4 is 9.64 Å². The van der Waals surface area contributed by atoms with Gasteiger partial charge in [0.25, 0.3) is 0 Å². The number of benzene rings is 2. The molecule has 0 amide bonds. The van der Waals surface area contributed by atoms with Crippen molar-refractivity contribution in [2.24, 2.45) is 15.2 Å². The van der Waals surface area contributed by atoms with Gasteiger partial charge >= 0.3 is 0 Å². The van der Waals surface area contributed by atoms with Crippen LogP contribution in [0, 0.1) is 0 Å². The molecule has 9 heteroatoms. The lowest BCUT2D eigenvalue weighted by molar-refractivity contribution is -0.129. The average molecular weight is 417 g/mol. The van der Waals surface area contributed by atoms with E-state index in [1.807, 2.05) is 37.4 Å². The summed E-state index contributed by atoms with van der Waals surface area (Å²) in [5.74, 6) is 0.686. The second-order valence-electron chi connectivity index (χ2n) is 5.61. The van der Waals surface area contributed by atoms with Crippen molar-refractivity contribution in [1.29, 1.82) is 0 Å². The van der Waals surface area contributed by atoms with E-state index in [-0.39, 0.29) is 0 Å². The lowest BCUT2D eigenvalue weighted by atomic mass is 10.2. The molecule has 0 aliphatic rings. The first kappa shape index (κ1) is 22.3. The molecule has 29 heavy (non-hydrogen) atoms. The SMILES string of the molecule is C=COOSc1ccc(N=Nc2cc(OC)c(N(C)CC)cc2/N=C\OC)cc1. The normalized spacial score (nSPS) is 11.0. The number of hydrogen-bond acceptors (Lipinski definition) is 9. The molecule has 2 rings (SSSR count). The molecule has 2 aromatic rings. The minimum Gasteiger partial charge on any atom is -0.494 e. The zero-order valence-electron chi connectivity index (χ0n) is 16.9. The van der Waals surface area contributed by atoms with Crippen molar-refractivity contribution in [3.63, 3.8) is 0 Å². The number of methoxy groups -OCH3 is 2. The second-order valence-corrected chi connectivity index (χ2v) is 6.38. The van der Waals surface area contributed by atoms with Crippen LogP contribution in [0.15, 0.2) is 69.4 Å². The summed E-state index contributed by atoms with van der Waals surface area (Å²) in [5.41, 5.74) is 2.76. The molecule has 0 N–H and O–H groups in total. The molecule has 154 valence electrons. The van der Waals surface area contributed by atoms with Crippen LogP contribution in [0.5, 0.6) is 5.75 Å². The fraction of sp³-hybridized carbons (Fsp3) is 0.250. The molecule has 0 saturated carbocycles. The van der Waals surface area contributed by atoms with E-state index in [1.54, 1.807) is 13.2 Å². The molecular weight excluding hydrogens is 392 g/mol. The van der Waals surface area contributed by atoms with Crippen molar-refractivity contribution in [3.05, 3.63) is 49.2 Å². The first-order chi connectivity index (χ1) is 14.1. The summed E-state index contributed by atoms with van der Waals surface area (Å²) >= 11 is 1.07. The van der Waals surface area contributed by atoms with Gasteiger partial charge in [0.1, 0.15) is 17.7 Å². The van der Waals surface area contributed by atoms with Crippen LogP contribution >= 0.6 is 12.0 Å². The van der Waals surface area contributed by atoms with Gasteiger partial charge in [-0.25, -0.2) is 4.99 Å². The highest BCUT2D eigenvalue weighted by atomic mass is 32.2. The van der Waals surface area contributed by atoms with Crippen LogP contribution in [0.4, 0.5) is 22.7 Å². The maximum Gasteiger partial charge on any atom is 0.174 e. The van der Waals surface area contributed by atoms with E-state index in [2.05, 4.69) is 38.5 Å². The first-order valence-electron chi connectivity index (χ1n) is 8.74. The van der Waals surface area contributed by atoms with Gasteiger partial charge in [-0.1, -0.05) is 6.58 Å². The summed E-state index contributed by atoms with van der Waals surface area (Å²) in [6, 6.07) is 11.0.